The molecule has 196 valence electrons. The van der Waals surface area contributed by atoms with Crippen molar-refractivity contribution in [2.75, 3.05) is 13.7 Å². The fourth-order valence-corrected chi connectivity index (χ4v) is 4.47. The Morgan fingerprint density at radius 1 is 0.889 bits per heavy atom. The van der Waals surface area contributed by atoms with Crippen LogP contribution in [0.25, 0.3) is 0 Å². The van der Waals surface area contributed by atoms with Gasteiger partial charge >= 0.3 is 0 Å². The molecule has 7 heteroatoms. The monoisotopic (exact) mass is 512 g/mol. The van der Waals surface area contributed by atoms with Gasteiger partial charge in [0.25, 0.3) is 0 Å². The Kier molecular flexibility index (Phi) is 10.3. The van der Waals surface area contributed by atoms with E-state index in [1.165, 1.54) is 0 Å². The zero-order valence-electron chi connectivity index (χ0n) is 22.3. The van der Waals surface area contributed by atoms with E-state index in [9.17, 15) is 5.11 Å². The average molecular weight is 513 g/mol. The molecule has 5 atom stereocenters. The number of rotatable bonds is 9. The first-order chi connectivity index (χ1) is 17.1. The summed E-state index contributed by atoms with van der Waals surface area (Å²) in [5.74, 6) is 6.09. The van der Waals surface area contributed by atoms with Gasteiger partial charge in [0, 0.05) is 7.11 Å². The number of aliphatic hydroxyl groups is 1. The van der Waals surface area contributed by atoms with Gasteiger partial charge < -0.3 is 28.5 Å². The Hall–Kier alpha value is -2.02. The van der Waals surface area contributed by atoms with Gasteiger partial charge in [0.2, 0.25) is 0 Å². The maximum absolute atomic E-state index is 11.3. The highest BCUT2D eigenvalue weighted by Crippen LogP contribution is 2.36. The molecule has 0 amide bonds. The van der Waals surface area contributed by atoms with Crippen molar-refractivity contribution in [2.45, 2.75) is 82.8 Å². The second-order valence-electron chi connectivity index (χ2n) is 10.5. The van der Waals surface area contributed by atoms with Crippen LogP contribution in [0.1, 0.15) is 31.9 Å². The van der Waals surface area contributed by atoms with Crippen LogP contribution in [0, 0.1) is 11.8 Å². The summed E-state index contributed by atoms with van der Waals surface area (Å²) in [5.41, 5.74) is 2.01. The first kappa shape index (κ1) is 28.5. The minimum absolute atomic E-state index is 0.0936. The molecule has 0 bridgehead atoms. The van der Waals surface area contributed by atoms with E-state index in [1.54, 1.807) is 7.11 Å². The first-order valence-corrected chi connectivity index (χ1v) is 15.3. The van der Waals surface area contributed by atoms with Crippen molar-refractivity contribution in [3.63, 3.8) is 0 Å². The van der Waals surface area contributed by atoms with Gasteiger partial charge in [-0.05, 0) is 29.3 Å². The lowest BCUT2D eigenvalue weighted by Crippen LogP contribution is -2.59. The second kappa shape index (κ2) is 13.0. The highest BCUT2D eigenvalue weighted by Gasteiger charge is 2.47. The minimum Gasteiger partial charge on any atom is -0.406 e. The van der Waals surface area contributed by atoms with Crippen LogP contribution in [0.5, 0.6) is 0 Å². The van der Waals surface area contributed by atoms with Crippen molar-refractivity contribution in [1.29, 1.82) is 0 Å². The van der Waals surface area contributed by atoms with E-state index >= 15 is 0 Å². The summed E-state index contributed by atoms with van der Waals surface area (Å²) in [6.07, 6.45) is -3.92. The Morgan fingerprint density at radius 2 is 1.42 bits per heavy atom. The molecule has 1 fully saturated rings. The highest BCUT2D eigenvalue weighted by molar-refractivity contribution is 6.74. The van der Waals surface area contributed by atoms with Crippen molar-refractivity contribution in [2.24, 2.45) is 0 Å². The van der Waals surface area contributed by atoms with Crippen molar-refractivity contribution in [3.8, 4) is 11.8 Å². The Bertz CT molecular complexity index is 980. The highest BCUT2D eigenvalue weighted by atomic mass is 28.4. The summed E-state index contributed by atoms with van der Waals surface area (Å²) >= 11 is 0. The summed E-state index contributed by atoms with van der Waals surface area (Å²) in [6, 6.07) is 19.7. The SMILES string of the molecule is CO[C@@H]1O[C@@H](C#CCO[Si](C)(C)C(C)(C)C)[C@@H](O)[C@H](OCc2ccccc2)[C@H]1OCc1ccccc1. The lowest BCUT2D eigenvalue weighted by Gasteiger charge is -2.42. The third kappa shape index (κ3) is 7.74. The lowest BCUT2D eigenvalue weighted by molar-refractivity contribution is -0.300. The maximum atomic E-state index is 11.3. The zero-order valence-corrected chi connectivity index (χ0v) is 23.3. The average Bonchev–Trinajstić information content (AvgIpc) is 2.86. The summed E-state index contributed by atoms with van der Waals surface area (Å²) < 4.78 is 30.2. The first-order valence-electron chi connectivity index (χ1n) is 12.4. The van der Waals surface area contributed by atoms with Crippen LogP contribution in [0.3, 0.4) is 0 Å². The summed E-state index contributed by atoms with van der Waals surface area (Å²) in [4.78, 5) is 0. The van der Waals surface area contributed by atoms with Crippen molar-refractivity contribution >= 4 is 8.32 Å². The molecular weight excluding hydrogens is 472 g/mol. The molecule has 2 aromatic carbocycles. The topological polar surface area (TPSA) is 66.4 Å². The van der Waals surface area contributed by atoms with Crippen molar-refractivity contribution in [3.05, 3.63) is 71.8 Å². The number of aliphatic hydroxyl groups excluding tert-OH is 1. The van der Waals surface area contributed by atoms with Gasteiger partial charge in [0.05, 0.1) is 19.8 Å². The standard InChI is InChI=1S/C29H40O6Si/c1-29(2,3)36(5,6)34-19-13-18-24-25(30)26(32-20-22-14-9-7-10-15-22)27(28(31-4)35-24)33-21-23-16-11-8-12-17-23/h7-12,14-17,24-28,30H,19-21H2,1-6H3/t24-,25+,26-,27+,28+/m0/s1. The van der Waals surface area contributed by atoms with Crippen LogP contribution in [0.4, 0.5) is 0 Å². The van der Waals surface area contributed by atoms with E-state index in [-0.39, 0.29) is 11.6 Å². The molecule has 6 nitrogen and oxygen atoms in total. The van der Waals surface area contributed by atoms with Crippen molar-refractivity contribution in [1.82, 2.24) is 0 Å². The second-order valence-corrected chi connectivity index (χ2v) is 15.4. The predicted molar refractivity (Wildman–Crippen MR) is 143 cm³/mol. The molecule has 1 aliphatic rings. The summed E-state index contributed by atoms with van der Waals surface area (Å²) in [7, 11) is -0.366. The van der Waals surface area contributed by atoms with Gasteiger partial charge in [0.15, 0.2) is 14.6 Å². The molecule has 0 unspecified atom stereocenters. The maximum Gasteiger partial charge on any atom is 0.193 e. The molecule has 0 radical (unpaired) electrons. The molecule has 0 saturated carbocycles. The zero-order chi connectivity index (χ0) is 26.2. The van der Waals surface area contributed by atoms with Gasteiger partial charge in [0.1, 0.15) is 24.4 Å². The number of benzene rings is 2. The van der Waals surface area contributed by atoms with Gasteiger partial charge in [-0.25, -0.2) is 0 Å². The van der Waals surface area contributed by atoms with Crippen LogP contribution in [0.15, 0.2) is 60.7 Å². The Morgan fingerprint density at radius 3 is 1.92 bits per heavy atom. The smallest absolute Gasteiger partial charge is 0.193 e. The van der Waals surface area contributed by atoms with E-state index in [0.29, 0.717) is 13.2 Å². The van der Waals surface area contributed by atoms with Gasteiger partial charge in [-0.1, -0.05) is 93.3 Å². The molecule has 3 rings (SSSR count). The van der Waals surface area contributed by atoms with Crippen LogP contribution in [-0.4, -0.2) is 57.8 Å². The van der Waals surface area contributed by atoms with E-state index in [4.69, 9.17) is 23.4 Å². The number of ether oxygens (including phenoxy) is 4. The third-order valence-electron chi connectivity index (χ3n) is 6.88. The molecular formula is C29H40O6Si. The minimum atomic E-state index is -1.92. The fourth-order valence-electron chi connectivity index (χ4n) is 3.61. The fraction of sp³-hybridized carbons (Fsp3) is 0.517. The van der Waals surface area contributed by atoms with Crippen LogP contribution < -0.4 is 0 Å². The molecule has 2 aromatic rings. The molecule has 1 N–H and O–H groups in total. The van der Waals surface area contributed by atoms with E-state index in [0.717, 1.165) is 11.1 Å². The normalized spacial score (nSPS) is 24.7. The largest absolute Gasteiger partial charge is 0.406 e. The van der Waals surface area contributed by atoms with Crippen LogP contribution >= 0.6 is 0 Å². The van der Waals surface area contributed by atoms with Gasteiger partial charge in [-0.2, -0.15) is 0 Å². The molecule has 36 heavy (non-hydrogen) atoms. The third-order valence-corrected chi connectivity index (χ3v) is 11.4. The molecule has 0 aromatic heterocycles. The van der Waals surface area contributed by atoms with E-state index in [1.807, 2.05) is 60.7 Å². The van der Waals surface area contributed by atoms with Crippen molar-refractivity contribution < 1.29 is 28.5 Å². The Balaban J connectivity index is 1.74. The van der Waals surface area contributed by atoms with E-state index in [2.05, 4.69) is 45.7 Å². The lowest BCUT2D eigenvalue weighted by atomic mass is 9.98. The summed E-state index contributed by atoms with van der Waals surface area (Å²) in [6.45, 7) is 11.9. The van der Waals surface area contributed by atoms with Crippen LogP contribution in [0.2, 0.25) is 18.1 Å². The summed E-state index contributed by atoms with van der Waals surface area (Å²) in [5, 5.41) is 11.3. The van der Waals surface area contributed by atoms with Gasteiger partial charge in [-0.3, -0.25) is 0 Å². The van der Waals surface area contributed by atoms with Gasteiger partial charge in [-0.15, -0.1) is 0 Å². The number of hydrogen-bond acceptors (Lipinski definition) is 6. The molecule has 1 saturated heterocycles. The quantitative estimate of drug-likeness (QED) is 0.380. The molecule has 0 spiro atoms. The predicted octanol–water partition coefficient (Wildman–Crippen LogP) is 4.91. The number of methoxy groups -OCH3 is 1. The number of hydrogen-bond donors (Lipinski definition) is 1. The van der Waals surface area contributed by atoms with E-state index < -0.39 is 39.0 Å². The molecule has 0 aliphatic carbocycles. The van der Waals surface area contributed by atoms with Crippen LogP contribution in [-0.2, 0) is 36.6 Å². The molecule has 1 aliphatic heterocycles. The molecule has 1 heterocycles. The Labute approximate surface area is 217 Å².